The molecule has 2 nitrogen and oxygen atoms in total. The van der Waals surface area contributed by atoms with Crippen molar-refractivity contribution >= 4 is 28.5 Å². The van der Waals surface area contributed by atoms with E-state index < -0.39 is 0 Å². The van der Waals surface area contributed by atoms with Crippen molar-refractivity contribution in [3.63, 3.8) is 0 Å². The van der Waals surface area contributed by atoms with Gasteiger partial charge < -0.3 is 0 Å². The highest BCUT2D eigenvalue weighted by Gasteiger charge is 2.18. The summed E-state index contributed by atoms with van der Waals surface area (Å²) in [5.74, 6) is 0.0141. The predicted molar refractivity (Wildman–Crippen MR) is 48.0 cm³/mol. The molecule has 0 spiro atoms. The van der Waals surface area contributed by atoms with Crippen LogP contribution in [0.3, 0.4) is 0 Å². The van der Waals surface area contributed by atoms with Gasteiger partial charge in [-0.2, -0.15) is 0 Å². The average molecular weight is 178 g/mol. The first-order valence-corrected chi connectivity index (χ1v) is 6.10. The molecule has 0 aromatic heterocycles. The minimum absolute atomic E-state index is 0.0141. The van der Waals surface area contributed by atoms with E-state index in [0.717, 1.165) is 0 Å². The SMILES string of the molecule is CPC(=O)C(PC)C(C)=O. The lowest BCUT2D eigenvalue weighted by Crippen LogP contribution is -2.19. The summed E-state index contributed by atoms with van der Waals surface area (Å²) in [6.07, 6.45) is 0. The topological polar surface area (TPSA) is 34.1 Å². The van der Waals surface area contributed by atoms with Crippen LogP contribution in [0.25, 0.3) is 0 Å². The molecule has 0 radical (unpaired) electrons. The van der Waals surface area contributed by atoms with Gasteiger partial charge in [-0.1, -0.05) is 8.58 Å². The van der Waals surface area contributed by atoms with Crippen LogP contribution in [-0.4, -0.2) is 30.3 Å². The van der Waals surface area contributed by atoms with Crippen LogP contribution in [-0.2, 0) is 9.59 Å². The smallest absolute Gasteiger partial charge is 0.165 e. The molecule has 0 saturated carbocycles. The second-order valence-corrected chi connectivity index (χ2v) is 4.09. The van der Waals surface area contributed by atoms with Crippen molar-refractivity contribution in [1.29, 1.82) is 0 Å². The Morgan fingerprint density at radius 1 is 1.30 bits per heavy atom. The molecule has 0 aromatic rings. The van der Waals surface area contributed by atoms with Gasteiger partial charge >= 0.3 is 0 Å². The minimum atomic E-state index is -0.302. The van der Waals surface area contributed by atoms with E-state index in [0.29, 0.717) is 8.58 Å². The number of hydrogen-bond acceptors (Lipinski definition) is 2. The van der Waals surface area contributed by atoms with E-state index >= 15 is 0 Å². The molecule has 0 heterocycles. The van der Waals surface area contributed by atoms with Gasteiger partial charge in [0, 0.05) is 0 Å². The summed E-state index contributed by atoms with van der Waals surface area (Å²) in [6.45, 7) is 5.20. The van der Waals surface area contributed by atoms with Gasteiger partial charge in [-0.05, 0) is 20.3 Å². The van der Waals surface area contributed by atoms with Gasteiger partial charge in [0.1, 0.15) is 5.78 Å². The molecule has 0 bridgehead atoms. The fraction of sp³-hybridized carbons (Fsp3) is 0.667. The van der Waals surface area contributed by atoms with Crippen LogP contribution in [0.2, 0.25) is 0 Å². The van der Waals surface area contributed by atoms with Crippen molar-refractivity contribution in [2.24, 2.45) is 0 Å². The normalized spacial score (nSPS) is 15.1. The maximum Gasteiger partial charge on any atom is 0.165 e. The van der Waals surface area contributed by atoms with Crippen molar-refractivity contribution in [3.8, 4) is 0 Å². The highest BCUT2D eigenvalue weighted by molar-refractivity contribution is 7.60. The number of carbonyl (C=O) groups excluding carboxylic acids is 2. The van der Waals surface area contributed by atoms with Gasteiger partial charge in [0.15, 0.2) is 5.52 Å². The summed E-state index contributed by atoms with van der Waals surface area (Å²) in [5, 5.41) is 0. The Hall–Kier alpha value is 0.200. The Morgan fingerprint density at radius 3 is 1.90 bits per heavy atom. The molecule has 58 valence electrons. The van der Waals surface area contributed by atoms with Crippen LogP contribution < -0.4 is 0 Å². The number of Topliss-reactive ketones (excluding diaryl/α,β-unsaturated/α-hetero) is 1. The Labute approximate surface area is 64.7 Å². The molecule has 0 aliphatic heterocycles. The molecule has 0 aliphatic rings. The summed E-state index contributed by atoms with van der Waals surface area (Å²) < 4.78 is 0. The molecule has 0 saturated heterocycles. The van der Waals surface area contributed by atoms with Crippen molar-refractivity contribution in [3.05, 3.63) is 0 Å². The fourth-order valence-electron chi connectivity index (χ4n) is 0.663. The summed E-state index contributed by atoms with van der Waals surface area (Å²) in [6, 6.07) is 0. The van der Waals surface area contributed by atoms with E-state index in [2.05, 4.69) is 0 Å². The van der Waals surface area contributed by atoms with Crippen LogP contribution >= 0.6 is 17.2 Å². The third-order valence-corrected chi connectivity index (χ3v) is 3.52. The molecule has 0 aromatic carbocycles. The Bertz CT molecular complexity index is 145. The van der Waals surface area contributed by atoms with Crippen molar-refractivity contribution in [1.82, 2.24) is 0 Å². The van der Waals surface area contributed by atoms with E-state index in [1.165, 1.54) is 6.92 Å². The van der Waals surface area contributed by atoms with Gasteiger partial charge in [-0.3, -0.25) is 9.59 Å². The quantitative estimate of drug-likeness (QED) is 0.477. The van der Waals surface area contributed by atoms with E-state index in [-0.39, 0.29) is 25.5 Å². The largest absolute Gasteiger partial charge is 0.299 e. The molecule has 0 aliphatic carbocycles. The first kappa shape index (κ1) is 10.2. The summed E-state index contributed by atoms with van der Waals surface area (Å²) >= 11 is 0. The lowest BCUT2D eigenvalue weighted by molar-refractivity contribution is -0.121. The van der Waals surface area contributed by atoms with E-state index in [9.17, 15) is 9.59 Å². The zero-order valence-corrected chi connectivity index (χ0v) is 8.39. The Kier molecular flexibility index (Phi) is 5.03. The fourth-order valence-corrected chi connectivity index (χ4v) is 2.69. The highest BCUT2D eigenvalue weighted by atomic mass is 31.1. The molecule has 10 heavy (non-hydrogen) atoms. The van der Waals surface area contributed by atoms with Gasteiger partial charge in [0.05, 0.1) is 5.66 Å². The zero-order chi connectivity index (χ0) is 8.15. The Balaban J connectivity index is 4.06. The van der Waals surface area contributed by atoms with E-state index in [1.54, 1.807) is 0 Å². The van der Waals surface area contributed by atoms with E-state index in [1.807, 2.05) is 13.3 Å². The lowest BCUT2D eigenvalue weighted by atomic mass is 10.3. The van der Waals surface area contributed by atoms with Gasteiger partial charge in [0.25, 0.3) is 0 Å². The molecule has 3 unspecified atom stereocenters. The zero-order valence-electron chi connectivity index (χ0n) is 6.39. The minimum Gasteiger partial charge on any atom is -0.299 e. The first-order valence-electron chi connectivity index (χ1n) is 3.02. The van der Waals surface area contributed by atoms with Crippen LogP contribution in [0.4, 0.5) is 0 Å². The van der Waals surface area contributed by atoms with Crippen LogP contribution in [0.15, 0.2) is 0 Å². The van der Waals surface area contributed by atoms with Gasteiger partial charge in [-0.25, -0.2) is 0 Å². The lowest BCUT2D eigenvalue weighted by Gasteiger charge is -2.06. The van der Waals surface area contributed by atoms with Crippen LogP contribution in [0.1, 0.15) is 6.92 Å². The van der Waals surface area contributed by atoms with Crippen molar-refractivity contribution < 1.29 is 9.59 Å². The number of rotatable bonds is 4. The average Bonchev–Trinajstić information content (AvgIpc) is 1.88. The standard InChI is InChI=1S/C6H12O2P2/c1-4(7)5(9-2)6(8)10-3/h5,9-10H,1-3H3. The maximum absolute atomic E-state index is 11.0. The second kappa shape index (κ2) is 4.93. The molecule has 0 fully saturated rings. The predicted octanol–water partition coefficient (Wildman–Crippen LogP) is 1.09. The summed E-state index contributed by atoms with van der Waals surface area (Å²) in [4.78, 5) is 21.7. The molecular formula is C6H12O2P2. The molecule has 0 rings (SSSR count). The maximum atomic E-state index is 11.0. The monoisotopic (exact) mass is 178 g/mol. The molecule has 0 amide bonds. The van der Waals surface area contributed by atoms with Crippen LogP contribution in [0.5, 0.6) is 0 Å². The number of ketones is 1. The molecule has 3 atom stereocenters. The third kappa shape index (κ3) is 2.86. The summed E-state index contributed by atoms with van der Waals surface area (Å²) in [7, 11) is 0.683. The molecule has 4 heteroatoms. The van der Waals surface area contributed by atoms with Crippen LogP contribution in [0, 0.1) is 0 Å². The third-order valence-electron chi connectivity index (χ3n) is 1.20. The highest BCUT2D eigenvalue weighted by Crippen LogP contribution is 2.22. The number of carbonyl (C=O) groups is 2. The van der Waals surface area contributed by atoms with E-state index in [4.69, 9.17) is 0 Å². The Morgan fingerprint density at radius 2 is 1.80 bits per heavy atom. The van der Waals surface area contributed by atoms with Gasteiger partial charge in [0.2, 0.25) is 0 Å². The first-order chi connectivity index (χ1) is 4.63. The summed E-state index contributed by atoms with van der Waals surface area (Å²) in [5.41, 5.74) is -0.198. The van der Waals surface area contributed by atoms with Crippen molar-refractivity contribution in [2.45, 2.75) is 12.6 Å². The number of hydrogen-bond donors (Lipinski definition) is 0. The van der Waals surface area contributed by atoms with Crippen molar-refractivity contribution in [2.75, 3.05) is 13.3 Å². The second-order valence-electron chi connectivity index (χ2n) is 1.95. The molecule has 0 N–H and O–H groups in total. The molecular weight excluding hydrogens is 166 g/mol. The van der Waals surface area contributed by atoms with Gasteiger partial charge in [-0.15, -0.1) is 8.58 Å².